The first kappa shape index (κ1) is 11.7. The molecule has 1 saturated carbocycles. The van der Waals surface area contributed by atoms with Gasteiger partial charge in [0.1, 0.15) is 18.0 Å². The number of benzene rings is 1. The number of halogens is 1. The quantitative estimate of drug-likeness (QED) is 0.753. The molecule has 1 fully saturated rings. The molecule has 1 aromatic rings. The molecule has 1 aromatic carbocycles. The Morgan fingerprint density at radius 2 is 2.00 bits per heavy atom. The minimum atomic E-state index is 0.0352. The molecule has 0 aromatic heterocycles. The van der Waals surface area contributed by atoms with Gasteiger partial charge in [0.05, 0.1) is 5.38 Å². The summed E-state index contributed by atoms with van der Waals surface area (Å²) in [5.74, 6) is 0.892. The van der Waals surface area contributed by atoms with Gasteiger partial charge in [0.2, 0.25) is 0 Å². The Morgan fingerprint density at radius 3 is 2.56 bits per heavy atom. The summed E-state index contributed by atoms with van der Waals surface area (Å²) in [7, 11) is 0. The van der Waals surface area contributed by atoms with Gasteiger partial charge in [-0.2, -0.15) is 0 Å². The molecule has 16 heavy (non-hydrogen) atoms. The molecule has 0 bridgehead atoms. The van der Waals surface area contributed by atoms with Crippen molar-refractivity contribution in [1.82, 2.24) is 0 Å². The first-order valence-electron chi connectivity index (χ1n) is 5.69. The lowest BCUT2D eigenvalue weighted by molar-refractivity contribution is -0.0759. The van der Waals surface area contributed by atoms with E-state index in [-0.39, 0.29) is 17.6 Å². The number of ether oxygens (including phenoxy) is 2. The van der Waals surface area contributed by atoms with Gasteiger partial charge < -0.3 is 9.47 Å². The van der Waals surface area contributed by atoms with E-state index in [0.29, 0.717) is 6.61 Å². The van der Waals surface area contributed by atoms with Crippen LogP contribution in [0, 0.1) is 6.92 Å². The van der Waals surface area contributed by atoms with E-state index in [9.17, 15) is 0 Å². The van der Waals surface area contributed by atoms with Crippen molar-refractivity contribution in [1.29, 1.82) is 0 Å². The minimum Gasteiger partial charge on any atom is -0.488 e. The molecule has 3 unspecified atom stereocenters. The Morgan fingerprint density at radius 1 is 1.31 bits per heavy atom. The maximum absolute atomic E-state index is 6.07. The van der Waals surface area contributed by atoms with Gasteiger partial charge >= 0.3 is 0 Å². The summed E-state index contributed by atoms with van der Waals surface area (Å²) in [5, 5.41) is 0.0930. The van der Waals surface area contributed by atoms with E-state index < -0.39 is 0 Å². The third-order valence-corrected chi connectivity index (χ3v) is 3.27. The largest absolute Gasteiger partial charge is 0.488 e. The Hall–Kier alpha value is -0.730. The number of alkyl halides is 1. The molecule has 0 heterocycles. The first-order valence-corrected chi connectivity index (χ1v) is 6.13. The highest BCUT2D eigenvalue weighted by Gasteiger charge is 2.42. The molecule has 2 nitrogen and oxygen atoms in total. The van der Waals surface area contributed by atoms with Crippen LogP contribution >= 0.6 is 11.6 Å². The van der Waals surface area contributed by atoms with Crippen molar-refractivity contribution in [3.05, 3.63) is 29.8 Å². The molecule has 3 atom stereocenters. The van der Waals surface area contributed by atoms with Crippen LogP contribution in [0.1, 0.15) is 18.9 Å². The van der Waals surface area contributed by atoms with Crippen molar-refractivity contribution < 1.29 is 9.47 Å². The van der Waals surface area contributed by atoms with E-state index in [1.165, 1.54) is 5.56 Å². The summed E-state index contributed by atoms with van der Waals surface area (Å²) < 4.78 is 11.4. The van der Waals surface area contributed by atoms with Crippen LogP contribution in [0.2, 0.25) is 0 Å². The van der Waals surface area contributed by atoms with Crippen LogP contribution in [0.15, 0.2) is 24.3 Å². The summed E-state index contributed by atoms with van der Waals surface area (Å²) in [6, 6.07) is 8.06. The molecule has 0 aliphatic heterocycles. The summed E-state index contributed by atoms with van der Waals surface area (Å²) in [6.45, 7) is 4.72. The van der Waals surface area contributed by atoms with Crippen molar-refractivity contribution in [3.63, 3.8) is 0 Å². The molecule has 3 heteroatoms. The highest BCUT2D eigenvalue weighted by molar-refractivity contribution is 6.21. The zero-order valence-corrected chi connectivity index (χ0v) is 10.4. The third kappa shape index (κ3) is 2.50. The van der Waals surface area contributed by atoms with Crippen LogP contribution in [0.4, 0.5) is 0 Å². The smallest absolute Gasteiger partial charge is 0.128 e. The van der Waals surface area contributed by atoms with Gasteiger partial charge in [0.15, 0.2) is 0 Å². The van der Waals surface area contributed by atoms with Crippen molar-refractivity contribution in [3.8, 4) is 5.75 Å². The molecule has 0 radical (unpaired) electrons. The SMILES string of the molecule is CCOC1C(Cl)CC1Oc1ccc(C)cc1. The molecule has 2 rings (SSSR count). The van der Waals surface area contributed by atoms with Crippen molar-refractivity contribution >= 4 is 11.6 Å². The van der Waals surface area contributed by atoms with Crippen LogP contribution in [0.25, 0.3) is 0 Å². The first-order chi connectivity index (χ1) is 7.70. The molecule has 88 valence electrons. The fraction of sp³-hybridized carbons (Fsp3) is 0.538. The topological polar surface area (TPSA) is 18.5 Å². The van der Waals surface area contributed by atoms with Gasteiger partial charge in [-0.3, -0.25) is 0 Å². The van der Waals surface area contributed by atoms with Crippen LogP contribution < -0.4 is 4.74 Å². The maximum Gasteiger partial charge on any atom is 0.128 e. The fourth-order valence-corrected chi connectivity index (χ4v) is 2.25. The van der Waals surface area contributed by atoms with E-state index in [4.69, 9.17) is 21.1 Å². The summed E-state index contributed by atoms with van der Waals surface area (Å²) in [4.78, 5) is 0. The van der Waals surface area contributed by atoms with E-state index in [2.05, 4.69) is 6.92 Å². The molecular weight excluding hydrogens is 224 g/mol. The molecule has 0 N–H and O–H groups in total. The van der Waals surface area contributed by atoms with Gasteiger partial charge in [-0.25, -0.2) is 0 Å². The zero-order valence-electron chi connectivity index (χ0n) is 9.65. The monoisotopic (exact) mass is 240 g/mol. The van der Waals surface area contributed by atoms with Gasteiger partial charge in [-0.05, 0) is 26.0 Å². The van der Waals surface area contributed by atoms with E-state index in [1.54, 1.807) is 0 Å². The van der Waals surface area contributed by atoms with Crippen LogP contribution in [0.3, 0.4) is 0 Å². The van der Waals surface area contributed by atoms with Crippen LogP contribution in [-0.4, -0.2) is 24.2 Å². The van der Waals surface area contributed by atoms with Crippen molar-refractivity contribution in [2.75, 3.05) is 6.61 Å². The lowest BCUT2D eigenvalue weighted by atomic mass is 9.91. The minimum absolute atomic E-state index is 0.0352. The molecule has 1 aliphatic rings. The van der Waals surface area contributed by atoms with Crippen molar-refractivity contribution in [2.45, 2.75) is 37.9 Å². The number of aryl methyl sites for hydroxylation is 1. The molecule has 0 saturated heterocycles. The van der Waals surface area contributed by atoms with E-state index in [0.717, 1.165) is 12.2 Å². The van der Waals surface area contributed by atoms with Gasteiger partial charge in [0, 0.05) is 13.0 Å². The normalized spacial score (nSPS) is 28.6. The average molecular weight is 241 g/mol. The lowest BCUT2D eigenvalue weighted by Gasteiger charge is -2.40. The molecule has 1 aliphatic carbocycles. The fourth-order valence-electron chi connectivity index (χ4n) is 1.84. The highest BCUT2D eigenvalue weighted by atomic mass is 35.5. The zero-order chi connectivity index (χ0) is 11.5. The second-order valence-electron chi connectivity index (χ2n) is 4.14. The second-order valence-corrected chi connectivity index (χ2v) is 4.70. The van der Waals surface area contributed by atoms with Crippen molar-refractivity contribution in [2.24, 2.45) is 0 Å². The standard InChI is InChI=1S/C13H17ClO2/c1-3-15-13-11(14)8-12(13)16-10-6-4-9(2)5-7-10/h4-7,11-13H,3,8H2,1-2H3. The van der Waals surface area contributed by atoms with E-state index in [1.807, 2.05) is 31.2 Å². The highest BCUT2D eigenvalue weighted by Crippen LogP contribution is 2.32. The molecular formula is C13H17ClO2. The number of hydrogen-bond donors (Lipinski definition) is 0. The Kier molecular flexibility index (Phi) is 3.72. The predicted octanol–water partition coefficient (Wildman–Crippen LogP) is 3.16. The van der Waals surface area contributed by atoms with E-state index >= 15 is 0 Å². The average Bonchev–Trinajstić information content (AvgIpc) is 2.28. The Balaban J connectivity index is 1.92. The number of rotatable bonds is 4. The predicted molar refractivity (Wildman–Crippen MR) is 65.3 cm³/mol. The Bertz CT molecular complexity index is 336. The second kappa shape index (κ2) is 5.07. The van der Waals surface area contributed by atoms with Crippen LogP contribution in [-0.2, 0) is 4.74 Å². The Labute approximate surface area is 102 Å². The lowest BCUT2D eigenvalue weighted by Crippen LogP contribution is -2.52. The van der Waals surface area contributed by atoms with Gasteiger partial charge in [-0.1, -0.05) is 17.7 Å². The molecule has 0 spiro atoms. The van der Waals surface area contributed by atoms with Gasteiger partial charge in [-0.15, -0.1) is 11.6 Å². The summed E-state index contributed by atoms with van der Waals surface area (Å²) in [5.41, 5.74) is 1.23. The number of hydrogen-bond acceptors (Lipinski definition) is 2. The summed E-state index contributed by atoms with van der Waals surface area (Å²) >= 11 is 6.07. The summed E-state index contributed by atoms with van der Waals surface area (Å²) in [6.07, 6.45) is 0.998. The maximum atomic E-state index is 6.07. The van der Waals surface area contributed by atoms with Crippen LogP contribution in [0.5, 0.6) is 5.75 Å². The third-order valence-electron chi connectivity index (χ3n) is 2.85. The molecule has 0 amide bonds. The van der Waals surface area contributed by atoms with Gasteiger partial charge in [0.25, 0.3) is 0 Å².